The van der Waals surface area contributed by atoms with Crippen molar-refractivity contribution in [2.45, 2.75) is 43.9 Å². The Morgan fingerprint density at radius 2 is 2.00 bits per heavy atom. The van der Waals surface area contributed by atoms with Crippen molar-refractivity contribution in [1.82, 2.24) is 0 Å². The molecule has 0 spiro atoms. The molecule has 5 heteroatoms. The standard InChI is InChI=1S/C13H14F4O/c1-12(5-4-9(18)7-12)8-2-3-10(11(14)6-8)13(15,16)17/h2-3,6,9,18H,4-5,7H2,1H3. The van der Waals surface area contributed by atoms with E-state index in [9.17, 15) is 22.7 Å². The molecule has 1 aliphatic carbocycles. The van der Waals surface area contributed by atoms with E-state index in [1.807, 2.05) is 6.92 Å². The molecule has 0 radical (unpaired) electrons. The molecule has 1 aromatic rings. The minimum atomic E-state index is -4.67. The van der Waals surface area contributed by atoms with E-state index in [1.54, 1.807) is 0 Å². The largest absolute Gasteiger partial charge is 0.419 e. The average Bonchev–Trinajstić information content (AvgIpc) is 2.58. The quantitative estimate of drug-likeness (QED) is 0.766. The Labute approximate surface area is 102 Å². The molecule has 2 atom stereocenters. The molecule has 1 fully saturated rings. The maximum atomic E-state index is 13.5. The molecule has 18 heavy (non-hydrogen) atoms. The summed E-state index contributed by atoms with van der Waals surface area (Å²) >= 11 is 0. The average molecular weight is 262 g/mol. The summed E-state index contributed by atoms with van der Waals surface area (Å²) in [5, 5.41) is 9.51. The van der Waals surface area contributed by atoms with Gasteiger partial charge < -0.3 is 5.11 Å². The number of aliphatic hydroxyl groups excluding tert-OH is 1. The highest BCUT2D eigenvalue weighted by Gasteiger charge is 2.38. The topological polar surface area (TPSA) is 20.2 Å². The van der Waals surface area contributed by atoms with E-state index in [0.29, 0.717) is 24.8 Å². The lowest BCUT2D eigenvalue weighted by Gasteiger charge is -2.25. The van der Waals surface area contributed by atoms with Crippen molar-refractivity contribution in [3.8, 4) is 0 Å². The van der Waals surface area contributed by atoms with E-state index in [-0.39, 0.29) is 0 Å². The molecule has 0 heterocycles. The van der Waals surface area contributed by atoms with Gasteiger partial charge in [0, 0.05) is 0 Å². The number of hydrogen-bond acceptors (Lipinski definition) is 1. The summed E-state index contributed by atoms with van der Waals surface area (Å²) < 4.78 is 50.8. The van der Waals surface area contributed by atoms with E-state index in [1.165, 1.54) is 6.07 Å². The maximum Gasteiger partial charge on any atom is 0.419 e. The Morgan fingerprint density at radius 3 is 2.44 bits per heavy atom. The molecule has 0 saturated heterocycles. The van der Waals surface area contributed by atoms with Gasteiger partial charge in [-0.15, -0.1) is 0 Å². The minimum absolute atomic E-state index is 0.440. The number of halogens is 4. The number of alkyl halides is 3. The van der Waals surface area contributed by atoms with Crippen molar-refractivity contribution < 1.29 is 22.7 Å². The van der Waals surface area contributed by atoms with Crippen LogP contribution in [0.1, 0.15) is 37.3 Å². The zero-order valence-corrected chi connectivity index (χ0v) is 9.89. The first kappa shape index (κ1) is 13.3. The lowest BCUT2D eigenvalue weighted by atomic mass is 9.80. The summed E-state index contributed by atoms with van der Waals surface area (Å²) in [6, 6.07) is 3.03. The normalized spacial score (nSPS) is 28.7. The van der Waals surface area contributed by atoms with Gasteiger partial charge in [0.2, 0.25) is 0 Å². The van der Waals surface area contributed by atoms with Crippen LogP contribution in [0.4, 0.5) is 17.6 Å². The second-order valence-electron chi connectivity index (χ2n) is 5.15. The van der Waals surface area contributed by atoms with Crippen molar-refractivity contribution in [1.29, 1.82) is 0 Å². The zero-order valence-electron chi connectivity index (χ0n) is 9.89. The van der Waals surface area contributed by atoms with E-state index in [0.717, 1.165) is 12.1 Å². The van der Waals surface area contributed by atoms with Gasteiger partial charge in [-0.1, -0.05) is 13.0 Å². The second kappa shape index (κ2) is 4.23. The van der Waals surface area contributed by atoms with Crippen LogP contribution >= 0.6 is 0 Å². The van der Waals surface area contributed by atoms with Crippen LogP contribution in [0.5, 0.6) is 0 Å². The number of benzene rings is 1. The Hall–Kier alpha value is -1.10. The highest BCUT2D eigenvalue weighted by molar-refractivity contribution is 5.32. The molecule has 0 amide bonds. The molecular formula is C13H14F4O. The summed E-state index contributed by atoms with van der Waals surface area (Å²) in [5.41, 5.74) is -1.16. The minimum Gasteiger partial charge on any atom is -0.393 e. The first-order chi connectivity index (χ1) is 8.22. The van der Waals surface area contributed by atoms with Gasteiger partial charge in [-0.3, -0.25) is 0 Å². The van der Waals surface area contributed by atoms with Crippen LogP contribution < -0.4 is 0 Å². The fourth-order valence-electron chi connectivity index (χ4n) is 2.59. The molecule has 1 nitrogen and oxygen atoms in total. The van der Waals surface area contributed by atoms with Crippen molar-refractivity contribution in [2.75, 3.05) is 0 Å². The fourth-order valence-corrected chi connectivity index (χ4v) is 2.59. The van der Waals surface area contributed by atoms with Crippen LogP contribution in [-0.4, -0.2) is 11.2 Å². The third-order valence-electron chi connectivity index (χ3n) is 3.69. The Balaban J connectivity index is 2.35. The van der Waals surface area contributed by atoms with Crippen molar-refractivity contribution in [3.05, 3.63) is 35.1 Å². The first-order valence-corrected chi connectivity index (χ1v) is 5.78. The van der Waals surface area contributed by atoms with Gasteiger partial charge in [0.25, 0.3) is 0 Å². The first-order valence-electron chi connectivity index (χ1n) is 5.78. The molecule has 0 aliphatic heterocycles. The fraction of sp³-hybridized carbons (Fsp3) is 0.538. The number of hydrogen-bond donors (Lipinski definition) is 1. The van der Waals surface area contributed by atoms with E-state index < -0.39 is 29.1 Å². The predicted octanol–water partition coefficient (Wildman–Crippen LogP) is 3.65. The molecule has 0 bridgehead atoms. The molecule has 2 unspecified atom stereocenters. The number of rotatable bonds is 1. The molecule has 1 aromatic carbocycles. The van der Waals surface area contributed by atoms with Crippen molar-refractivity contribution in [2.24, 2.45) is 0 Å². The Morgan fingerprint density at radius 1 is 1.33 bits per heavy atom. The Bertz CT molecular complexity index is 455. The van der Waals surface area contributed by atoms with Crippen LogP contribution in [0, 0.1) is 5.82 Å². The SMILES string of the molecule is CC1(c2ccc(C(F)(F)F)c(F)c2)CCC(O)C1. The van der Waals surface area contributed by atoms with E-state index in [4.69, 9.17) is 0 Å². The van der Waals surface area contributed by atoms with Crippen LogP contribution in [-0.2, 0) is 11.6 Å². The van der Waals surface area contributed by atoms with Crippen LogP contribution in [0.3, 0.4) is 0 Å². The summed E-state index contributed by atoms with van der Waals surface area (Å²) in [6.45, 7) is 1.84. The van der Waals surface area contributed by atoms with Crippen molar-refractivity contribution in [3.63, 3.8) is 0 Å². The summed E-state index contributed by atoms with van der Waals surface area (Å²) in [4.78, 5) is 0. The molecule has 2 rings (SSSR count). The van der Waals surface area contributed by atoms with Crippen LogP contribution in [0.15, 0.2) is 18.2 Å². The van der Waals surface area contributed by atoms with Gasteiger partial charge in [0.1, 0.15) is 5.82 Å². The maximum absolute atomic E-state index is 13.5. The van der Waals surface area contributed by atoms with E-state index >= 15 is 0 Å². The third kappa shape index (κ3) is 2.36. The van der Waals surface area contributed by atoms with Gasteiger partial charge in [-0.2, -0.15) is 13.2 Å². The highest BCUT2D eigenvalue weighted by atomic mass is 19.4. The summed E-state index contributed by atoms with van der Waals surface area (Å²) in [6.07, 6.45) is -3.42. The second-order valence-corrected chi connectivity index (χ2v) is 5.15. The molecule has 1 aliphatic rings. The van der Waals surface area contributed by atoms with Crippen LogP contribution in [0.25, 0.3) is 0 Å². The number of aliphatic hydroxyl groups is 1. The van der Waals surface area contributed by atoms with Gasteiger partial charge >= 0.3 is 6.18 Å². The van der Waals surface area contributed by atoms with Crippen molar-refractivity contribution >= 4 is 0 Å². The van der Waals surface area contributed by atoms with Crippen LogP contribution in [0.2, 0.25) is 0 Å². The predicted molar refractivity (Wildman–Crippen MR) is 58.6 cm³/mol. The summed E-state index contributed by atoms with van der Waals surface area (Å²) in [5.74, 6) is -1.25. The monoisotopic (exact) mass is 262 g/mol. The lowest BCUT2D eigenvalue weighted by Crippen LogP contribution is -2.20. The molecular weight excluding hydrogens is 248 g/mol. The highest BCUT2D eigenvalue weighted by Crippen LogP contribution is 2.42. The van der Waals surface area contributed by atoms with Gasteiger partial charge in [0.15, 0.2) is 0 Å². The smallest absolute Gasteiger partial charge is 0.393 e. The van der Waals surface area contributed by atoms with Gasteiger partial charge in [-0.05, 0) is 42.4 Å². The molecule has 0 aromatic heterocycles. The zero-order chi connectivity index (χ0) is 13.6. The lowest BCUT2D eigenvalue weighted by molar-refractivity contribution is -0.140. The third-order valence-corrected chi connectivity index (χ3v) is 3.69. The van der Waals surface area contributed by atoms with Gasteiger partial charge in [-0.25, -0.2) is 4.39 Å². The molecule has 100 valence electrons. The Kier molecular flexibility index (Phi) is 3.13. The molecule has 1 N–H and O–H groups in total. The molecule has 1 saturated carbocycles. The summed E-state index contributed by atoms with van der Waals surface area (Å²) in [7, 11) is 0. The van der Waals surface area contributed by atoms with Gasteiger partial charge in [0.05, 0.1) is 11.7 Å². The van der Waals surface area contributed by atoms with E-state index in [2.05, 4.69) is 0 Å².